The monoisotopic (exact) mass is 332 g/mol. The number of benzene rings is 1. The van der Waals surface area contributed by atoms with Crippen LogP contribution in [0.3, 0.4) is 0 Å². The molecule has 0 saturated carbocycles. The number of para-hydroxylation sites is 1. The maximum absolute atomic E-state index is 11.7. The lowest BCUT2D eigenvalue weighted by molar-refractivity contribution is -0.113. The Kier molecular flexibility index (Phi) is 6.52. The molecular weight excluding hydrogens is 316 g/mol. The van der Waals surface area contributed by atoms with E-state index in [2.05, 4.69) is 21.2 Å². The van der Waals surface area contributed by atoms with E-state index in [0.717, 1.165) is 4.47 Å². The van der Waals surface area contributed by atoms with Crippen molar-refractivity contribution in [2.75, 3.05) is 16.8 Å². The lowest BCUT2D eigenvalue weighted by Gasteiger charge is -2.08. The van der Waals surface area contributed by atoms with Crippen LogP contribution in [0.5, 0.6) is 0 Å². The SMILES string of the molecule is CC(N)CCS(=O)CC(=O)Nc1ccccc1Br. The molecule has 18 heavy (non-hydrogen) atoms. The standard InChI is InChI=1S/C12H17BrN2O2S/c1-9(14)6-7-18(17)8-12(16)15-11-5-3-2-4-10(11)13/h2-5,9H,6-8,14H2,1H3,(H,15,16). The van der Waals surface area contributed by atoms with E-state index < -0.39 is 10.8 Å². The zero-order valence-corrected chi connectivity index (χ0v) is 12.6. The number of amides is 1. The van der Waals surface area contributed by atoms with Gasteiger partial charge in [0.05, 0.1) is 5.69 Å². The van der Waals surface area contributed by atoms with E-state index in [1.807, 2.05) is 25.1 Å². The van der Waals surface area contributed by atoms with Crippen LogP contribution in [0.25, 0.3) is 0 Å². The van der Waals surface area contributed by atoms with Crippen LogP contribution in [-0.4, -0.2) is 27.7 Å². The maximum atomic E-state index is 11.7. The zero-order chi connectivity index (χ0) is 13.5. The van der Waals surface area contributed by atoms with Crippen LogP contribution in [0.15, 0.2) is 28.7 Å². The van der Waals surface area contributed by atoms with E-state index in [4.69, 9.17) is 5.73 Å². The molecule has 4 nitrogen and oxygen atoms in total. The molecule has 0 fully saturated rings. The molecule has 0 saturated heterocycles. The first kappa shape index (κ1) is 15.3. The maximum Gasteiger partial charge on any atom is 0.237 e. The Morgan fingerprint density at radius 1 is 1.50 bits per heavy atom. The molecule has 1 amide bonds. The van der Waals surface area contributed by atoms with Gasteiger partial charge in [0.15, 0.2) is 0 Å². The average Bonchev–Trinajstić information content (AvgIpc) is 2.29. The third kappa shape index (κ3) is 5.75. The third-order valence-electron chi connectivity index (χ3n) is 2.24. The van der Waals surface area contributed by atoms with Crippen LogP contribution in [-0.2, 0) is 15.6 Å². The zero-order valence-electron chi connectivity index (χ0n) is 10.2. The predicted molar refractivity (Wildman–Crippen MR) is 78.9 cm³/mol. The molecule has 2 unspecified atom stereocenters. The van der Waals surface area contributed by atoms with Crippen LogP contribution >= 0.6 is 15.9 Å². The summed E-state index contributed by atoms with van der Waals surface area (Å²) in [4.78, 5) is 11.7. The van der Waals surface area contributed by atoms with Gasteiger partial charge in [-0.15, -0.1) is 0 Å². The molecule has 0 radical (unpaired) electrons. The van der Waals surface area contributed by atoms with Crippen molar-refractivity contribution < 1.29 is 9.00 Å². The van der Waals surface area contributed by atoms with E-state index in [1.54, 1.807) is 6.07 Å². The summed E-state index contributed by atoms with van der Waals surface area (Å²) in [5.74, 6) is 0.222. The van der Waals surface area contributed by atoms with E-state index in [-0.39, 0.29) is 17.7 Å². The van der Waals surface area contributed by atoms with Crippen molar-refractivity contribution in [1.82, 2.24) is 0 Å². The van der Waals surface area contributed by atoms with Crippen molar-refractivity contribution in [2.24, 2.45) is 5.73 Å². The molecule has 100 valence electrons. The van der Waals surface area contributed by atoms with Gasteiger partial charge in [0.1, 0.15) is 5.75 Å². The lowest BCUT2D eigenvalue weighted by Crippen LogP contribution is -2.24. The van der Waals surface area contributed by atoms with Gasteiger partial charge in [0.2, 0.25) is 5.91 Å². The van der Waals surface area contributed by atoms with E-state index in [1.165, 1.54) is 0 Å². The third-order valence-corrected chi connectivity index (χ3v) is 4.21. The minimum absolute atomic E-state index is 0.00799. The molecule has 0 bridgehead atoms. The van der Waals surface area contributed by atoms with Gasteiger partial charge < -0.3 is 11.1 Å². The first-order valence-electron chi connectivity index (χ1n) is 5.64. The van der Waals surface area contributed by atoms with Gasteiger partial charge in [0.25, 0.3) is 0 Å². The summed E-state index contributed by atoms with van der Waals surface area (Å²) in [5.41, 5.74) is 6.26. The van der Waals surface area contributed by atoms with Crippen molar-refractivity contribution in [3.05, 3.63) is 28.7 Å². The summed E-state index contributed by atoms with van der Waals surface area (Å²) in [6, 6.07) is 7.32. The van der Waals surface area contributed by atoms with Gasteiger partial charge in [-0.1, -0.05) is 12.1 Å². The molecule has 0 aromatic heterocycles. The molecule has 0 spiro atoms. The predicted octanol–water partition coefficient (Wildman–Crippen LogP) is 1.87. The first-order chi connectivity index (χ1) is 8.49. The van der Waals surface area contributed by atoms with Crippen molar-refractivity contribution in [3.63, 3.8) is 0 Å². The van der Waals surface area contributed by atoms with Crippen molar-refractivity contribution >= 4 is 38.3 Å². The highest BCUT2D eigenvalue weighted by atomic mass is 79.9. The van der Waals surface area contributed by atoms with E-state index >= 15 is 0 Å². The fourth-order valence-corrected chi connectivity index (χ4v) is 2.81. The Hall–Kier alpha value is -0.720. The van der Waals surface area contributed by atoms with Crippen LogP contribution in [0.1, 0.15) is 13.3 Å². The summed E-state index contributed by atoms with van der Waals surface area (Å²) in [6.07, 6.45) is 0.662. The number of nitrogens with one attached hydrogen (secondary N) is 1. The smallest absolute Gasteiger partial charge is 0.237 e. The second kappa shape index (κ2) is 7.66. The van der Waals surface area contributed by atoms with Crippen molar-refractivity contribution in [3.8, 4) is 0 Å². The van der Waals surface area contributed by atoms with Gasteiger partial charge in [-0.2, -0.15) is 0 Å². The minimum Gasteiger partial charge on any atom is -0.328 e. The highest BCUT2D eigenvalue weighted by Gasteiger charge is 2.10. The normalized spacial score (nSPS) is 13.9. The molecule has 6 heteroatoms. The highest BCUT2D eigenvalue weighted by molar-refractivity contribution is 9.10. The summed E-state index contributed by atoms with van der Waals surface area (Å²) < 4.78 is 12.4. The number of anilines is 1. The Balaban J connectivity index is 2.42. The largest absolute Gasteiger partial charge is 0.328 e. The molecule has 0 aliphatic carbocycles. The molecule has 2 atom stereocenters. The number of hydrogen-bond acceptors (Lipinski definition) is 3. The highest BCUT2D eigenvalue weighted by Crippen LogP contribution is 2.20. The summed E-state index contributed by atoms with van der Waals surface area (Å²) in [7, 11) is -1.16. The quantitative estimate of drug-likeness (QED) is 0.835. The summed E-state index contributed by atoms with van der Waals surface area (Å²) in [5, 5.41) is 2.72. The Morgan fingerprint density at radius 3 is 2.78 bits per heavy atom. The lowest BCUT2D eigenvalue weighted by atomic mass is 10.3. The molecule has 0 aliphatic heterocycles. The minimum atomic E-state index is -1.16. The van der Waals surface area contributed by atoms with Crippen LogP contribution in [0.2, 0.25) is 0 Å². The molecule has 1 aromatic rings. The number of nitrogens with two attached hydrogens (primary N) is 1. The Bertz CT molecular complexity index is 438. The number of hydrogen-bond donors (Lipinski definition) is 2. The first-order valence-corrected chi connectivity index (χ1v) is 7.92. The van der Waals surface area contributed by atoms with Crippen LogP contribution in [0.4, 0.5) is 5.69 Å². The molecule has 1 aromatic carbocycles. The van der Waals surface area contributed by atoms with Gasteiger partial charge >= 0.3 is 0 Å². The molecule has 0 heterocycles. The number of rotatable bonds is 6. The second-order valence-electron chi connectivity index (χ2n) is 4.08. The topological polar surface area (TPSA) is 72.2 Å². The molecule has 3 N–H and O–H groups in total. The fourth-order valence-electron chi connectivity index (χ4n) is 1.28. The number of carbonyl (C=O) groups is 1. The van der Waals surface area contributed by atoms with E-state index in [9.17, 15) is 9.00 Å². The van der Waals surface area contributed by atoms with Gasteiger partial charge in [-0.05, 0) is 41.4 Å². The average molecular weight is 333 g/mol. The number of halogens is 1. The molecule has 1 rings (SSSR count). The molecular formula is C12H17BrN2O2S. The fraction of sp³-hybridized carbons (Fsp3) is 0.417. The van der Waals surface area contributed by atoms with E-state index in [0.29, 0.717) is 17.9 Å². The van der Waals surface area contributed by atoms with Gasteiger partial charge in [-0.3, -0.25) is 9.00 Å². The summed E-state index contributed by atoms with van der Waals surface area (Å²) >= 11 is 3.33. The second-order valence-corrected chi connectivity index (χ2v) is 6.51. The van der Waals surface area contributed by atoms with Crippen LogP contribution in [0, 0.1) is 0 Å². The van der Waals surface area contributed by atoms with Gasteiger partial charge in [0, 0.05) is 27.1 Å². The van der Waals surface area contributed by atoms with Crippen molar-refractivity contribution in [1.29, 1.82) is 0 Å². The Morgan fingerprint density at radius 2 is 2.17 bits per heavy atom. The summed E-state index contributed by atoms with van der Waals surface area (Å²) in [6.45, 7) is 1.86. The Labute approximate surface area is 118 Å². The van der Waals surface area contributed by atoms with Gasteiger partial charge in [-0.25, -0.2) is 0 Å². The number of carbonyl (C=O) groups excluding carboxylic acids is 1. The van der Waals surface area contributed by atoms with Crippen molar-refractivity contribution in [2.45, 2.75) is 19.4 Å². The van der Waals surface area contributed by atoms with Crippen LogP contribution < -0.4 is 11.1 Å². The molecule has 0 aliphatic rings.